The Morgan fingerprint density at radius 2 is 1.53 bits per heavy atom. The molecule has 0 unspecified atom stereocenters. The highest BCUT2D eigenvalue weighted by Crippen LogP contribution is 2.38. The van der Waals surface area contributed by atoms with Crippen molar-refractivity contribution < 1.29 is 15.0 Å². The zero-order valence-corrected chi connectivity index (χ0v) is 11.3. The van der Waals surface area contributed by atoms with Crippen LogP contribution in [-0.4, -0.2) is 16.2 Å². The molecule has 2 N–H and O–H groups in total. The molecule has 0 aliphatic heterocycles. The first-order valence-corrected chi connectivity index (χ1v) is 7.08. The van der Waals surface area contributed by atoms with E-state index in [1.54, 1.807) is 0 Å². The number of carbonyl (C=O) groups is 1. The predicted molar refractivity (Wildman–Crippen MR) is 73.8 cm³/mol. The highest BCUT2D eigenvalue weighted by Gasteiger charge is 2.38. The average molecular weight is 262 g/mol. The van der Waals surface area contributed by atoms with Crippen LogP contribution in [0.4, 0.5) is 0 Å². The quantitative estimate of drug-likeness (QED) is 0.819. The zero-order chi connectivity index (χ0) is 13.7. The second-order valence-corrected chi connectivity index (χ2v) is 5.65. The second kappa shape index (κ2) is 6.20. The molecular formula is C16H22O3. The minimum Gasteiger partial charge on any atom is -0.481 e. The Bertz CT molecular complexity index is 414. The molecule has 0 amide bonds. The molecule has 0 aromatic heterocycles. The Kier molecular flexibility index (Phi) is 4.59. The third-order valence-corrected chi connectivity index (χ3v) is 4.26. The maximum atomic E-state index is 11.7. The molecule has 1 aromatic carbocycles. The van der Waals surface area contributed by atoms with E-state index < -0.39 is 11.4 Å². The van der Waals surface area contributed by atoms with Gasteiger partial charge in [0, 0.05) is 0 Å². The molecule has 0 spiro atoms. The lowest BCUT2D eigenvalue weighted by atomic mass is 9.75. The molecule has 0 atom stereocenters. The van der Waals surface area contributed by atoms with Crippen molar-refractivity contribution in [2.45, 2.75) is 51.6 Å². The molecule has 1 fully saturated rings. The highest BCUT2D eigenvalue weighted by molar-refractivity contribution is 5.75. The standard InChI is InChI=1S/C16H22O3/c17-12-14-7-5-13(6-8-14)11-16(15(18)19)9-3-1-2-4-10-16/h5-8,17H,1-4,9-12H2,(H,18,19). The Morgan fingerprint density at radius 1 is 1.00 bits per heavy atom. The summed E-state index contributed by atoms with van der Waals surface area (Å²) < 4.78 is 0. The van der Waals surface area contributed by atoms with E-state index in [0.717, 1.165) is 49.7 Å². The van der Waals surface area contributed by atoms with Crippen molar-refractivity contribution in [2.75, 3.05) is 0 Å². The van der Waals surface area contributed by atoms with E-state index >= 15 is 0 Å². The number of benzene rings is 1. The predicted octanol–water partition coefficient (Wildman–Crippen LogP) is 3.15. The Balaban J connectivity index is 2.17. The molecule has 0 saturated heterocycles. The van der Waals surface area contributed by atoms with Crippen LogP contribution in [0.5, 0.6) is 0 Å². The maximum Gasteiger partial charge on any atom is 0.309 e. The first-order valence-electron chi connectivity index (χ1n) is 7.08. The largest absolute Gasteiger partial charge is 0.481 e. The minimum absolute atomic E-state index is 0.0321. The average Bonchev–Trinajstić information content (AvgIpc) is 2.66. The Labute approximate surface area is 114 Å². The number of rotatable bonds is 4. The van der Waals surface area contributed by atoms with Crippen LogP contribution in [-0.2, 0) is 17.8 Å². The summed E-state index contributed by atoms with van der Waals surface area (Å²) in [7, 11) is 0. The van der Waals surface area contributed by atoms with Gasteiger partial charge in [0.15, 0.2) is 0 Å². The van der Waals surface area contributed by atoms with Gasteiger partial charge in [0.1, 0.15) is 0 Å². The van der Waals surface area contributed by atoms with Crippen LogP contribution in [0.25, 0.3) is 0 Å². The lowest BCUT2D eigenvalue weighted by Crippen LogP contribution is -2.32. The molecule has 104 valence electrons. The van der Waals surface area contributed by atoms with Crippen LogP contribution >= 0.6 is 0 Å². The molecule has 1 aliphatic carbocycles. The number of carboxylic acids is 1. The number of carboxylic acid groups (broad SMARTS) is 1. The van der Waals surface area contributed by atoms with Crippen molar-refractivity contribution in [3.05, 3.63) is 35.4 Å². The van der Waals surface area contributed by atoms with E-state index in [0.29, 0.717) is 6.42 Å². The van der Waals surface area contributed by atoms with Gasteiger partial charge in [-0.2, -0.15) is 0 Å². The summed E-state index contributed by atoms with van der Waals surface area (Å²) in [4.78, 5) is 11.7. The van der Waals surface area contributed by atoms with Crippen molar-refractivity contribution >= 4 is 5.97 Å². The van der Waals surface area contributed by atoms with Crippen LogP contribution in [0.2, 0.25) is 0 Å². The molecular weight excluding hydrogens is 240 g/mol. The lowest BCUT2D eigenvalue weighted by Gasteiger charge is -2.28. The third-order valence-electron chi connectivity index (χ3n) is 4.26. The fraction of sp³-hybridized carbons (Fsp3) is 0.562. The van der Waals surface area contributed by atoms with E-state index in [1.165, 1.54) is 0 Å². The fourth-order valence-corrected chi connectivity index (χ4v) is 3.02. The van der Waals surface area contributed by atoms with Gasteiger partial charge >= 0.3 is 5.97 Å². The first kappa shape index (κ1) is 14.1. The van der Waals surface area contributed by atoms with E-state index in [1.807, 2.05) is 24.3 Å². The number of hydrogen-bond acceptors (Lipinski definition) is 2. The molecule has 0 heterocycles. The van der Waals surface area contributed by atoms with Gasteiger partial charge in [0.25, 0.3) is 0 Å². The highest BCUT2D eigenvalue weighted by atomic mass is 16.4. The topological polar surface area (TPSA) is 57.5 Å². The van der Waals surface area contributed by atoms with Gasteiger partial charge in [0.2, 0.25) is 0 Å². The van der Waals surface area contributed by atoms with Crippen LogP contribution in [0.3, 0.4) is 0 Å². The summed E-state index contributed by atoms with van der Waals surface area (Å²) in [6.07, 6.45) is 6.50. The fourth-order valence-electron chi connectivity index (χ4n) is 3.02. The maximum absolute atomic E-state index is 11.7. The smallest absolute Gasteiger partial charge is 0.309 e. The van der Waals surface area contributed by atoms with Gasteiger partial charge in [-0.05, 0) is 30.4 Å². The third kappa shape index (κ3) is 3.35. The first-order chi connectivity index (χ1) is 9.16. The molecule has 1 aromatic rings. The zero-order valence-electron chi connectivity index (χ0n) is 11.3. The molecule has 2 rings (SSSR count). The van der Waals surface area contributed by atoms with Gasteiger partial charge in [-0.3, -0.25) is 4.79 Å². The minimum atomic E-state index is -0.652. The molecule has 3 heteroatoms. The van der Waals surface area contributed by atoms with Crippen LogP contribution < -0.4 is 0 Å². The monoisotopic (exact) mass is 262 g/mol. The van der Waals surface area contributed by atoms with E-state index in [9.17, 15) is 9.90 Å². The van der Waals surface area contributed by atoms with Gasteiger partial charge in [-0.25, -0.2) is 0 Å². The molecule has 0 bridgehead atoms. The van der Waals surface area contributed by atoms with Crippen LogP contribution in [0, 0.1) is 5.41 Å². The van der Waals surface area contributed by atoms with Gasteiger partial charge in [-0.1, -0.05) is 49.9 Å². The summed E-state index contributed by atoms with van der Waals surface area (Å²) in [5.41, 5.74) is 1.34. The van der Waals surface area contributed by atoms with Gasteiger partial charge in [-0.15, -0.1) is 0 Å². The number of aliphatic carboxylic acids is 1. The van der Waals surface area contributed by atoms with Crippen molar-refractivity contribution in [3.8, 4) is 0 Å². The summed E-state index contributed by atoms with van der Waals surface area (Å²) in [6.45, 7) is 0.0321. The molecule has 19 heavy (non-hydrogen) atoms. The summed E-state index contributed by atoms with van der Waals surface area (Å²) >= 11 is 0. The van der Waals surface area contributed by atoms with Crippen LogP contribution in [0.15, 0.2) is 24.3 Å². The van der Waals surface area contributed by atoms with Crippen molar-refractivity contribution in [2.24, 2.45) is 5.41 Å². The van der Waals surface area contributed by atoms with E-state index in [2.05, 4.69) is 0 Å². The summed E-state index contributed by atoms with van der Waals surface area (Å²) in [5.74, 6) is -0.652. The van der Waals surface area contributed by atoms with Gasteiger partial charge < -0.3 is 10.2 Å². The molecule has 0 radical (unpaired) electrons. The summed E-state index contributed by atoms with van der Waals surface area (Å²) in [5, 5.41) is 18.7. The van der Waals surface area contributed by atoms with Crippen molar-refractivity contribution in [3.63, 3.8) is 0 Å². The van der Waals surface area contributed by atoms with E-state index in [4.69, 9.17) is 5.11 Å². The lowest BCUT2D eigenvalue weighted by molar-refractivity contribution is -0.149. The molecule has 3 nitrogen and oxygen atoms in total. The Hall–Kier alpha value is -1.35. The number of aliphatic hydroxyl groups is 1. The SMILES string of the molecule is O=C(O)C1(Cc2ccc(CO)cc2)CCCCCC1. The van der Waals surface area contributed by atoms with Crippen molar-refractivity contribution in [1.82, 2.24) is 0 Å². The molecule has 1 aliphatic rings. The normalized spacial score (nSPS) is 18.8. The van der Waals surface area contributed by atoms with E-state index in [-0.39, 0.29) is 6.61 Å². The summed E-state index contributed by atoms with van der Waals surface area (Å²) in [6, 6.07) is 7.64. The van der Waals surface area contributed by atoms with Crippen molar-refractivity contribution in [1.29, 1.82) is 0 Å². The number of aliphatic hydroxyl groups excluding tert-OH is 1. The second-order valence-electron chi connectivity index (χ2n) is 5.65. The van der Waals surface area contributed by atoms with Crippen LogP contribution in [0.1, 0.15) is 49.7 Å². The number of hydrogen-bond donors (Lipinski definition) is 2. The Morgan fingerprint density at radius 3 is 2.00 bits per heavy atom. The van der Waals surface area contributed by atoms with Gasteiger partial charge in [0.05, 0.1) is 12.0 Å². The molecule has 1 saturated carbocycles.